The normalized spacial score (nSPS) is 24.5. The van der Waals surface area contributed by atoms with E-state index < -0.39 is 23.9 Å². The van der Waals surface area contributed by atoms with Gasteiger partial charge < -0.3 is 15.5 Å². The van der Waals surface area contributed by atoms with Gasteiger partial charge in [-0.3, -0.25) is 4.90 Å². The number of unbranched alkanes of at least 4 members (excludes halogenated alkanes) is 1. The SMILES string of the molecule is N#Cc1ccc(C23CCC(N(CCCCO)C(O)Nc4ccc(F)c(C(F)(F)F)c4)C2C3)cc1. The molecule has 4 atom stereocenters. The van der Waals surface area contributed by atoms with Crippen LogP contribution in [0, 0.1) is 23.1 Å². The Morgan fingerprint density at radius 1 is 1.18 bits per heavy atom. The smallest absolute Gasteiger partial charge is 0.396 e. The highest BCUT2D eigenvalue weighted by atomic mass is 19.4. The van der Waals surface area contributed by atoms with Crippen LogP contribution in [-0.2, 0) is 11.6 Å². The van der Waals surface area contributed by atoms with Crippen molar-refractivity contribution >= 4 is 5.69 Å². The fourth-order valence-corrected chi connectivity index (χ4v) is 5.42. The molecule has 0 bridgehead atoms. The fourth-order valence-electron chi connectivity index (χ4n) is 5.42. The third-order valence-electron chi connectivity index (χ3n) is 7.21. The molecular formula is C25H27F4N3O2. The average molecular weight is 478 g/mol. The van der Waals surface area contributed by atoms with Gasteiger partial charge in [0.2, 0.25) is 0 Å². The Labute approximate surface area is 195 Å². The topological polar surface area (TPSA) is 79.5 Å². The molecule has 5 nitrogen and oxygen atoms in total. The van der Waals surface area contributed by atoms with Crippen molar-refractivity contribution in [2.45, 2.75) is 56.1 Å². The number of nitrogens with one attached hydrogen (secondary N) is 1. The van der Waals surface area contributed by atoms with Crippen LogP contribution in [0.3, 0.4) is 0 Å². The van der Waals surface area contributed by atoms with Crippen LogP contribution >= 0.6 is 0 Å². The summed E-state index contributed by atoms with van der Waals surface area (Å²) in [7, 11) is 0. The second kappa shape index (κ2) is 9.53. The van der Waals surface area contributed by atoms with Crippen molar-refractivity contribution in [2.24, 2.45) is 5.92 Å². The Hall–Kier alpha value is -2.67. The Kier molecular flexibility index (Phi) is 6.85. The molecule has 2 saturated carbocycles. The van der Waals surface area contributed by atoms with E-state index in [0.29, 0.717) is 31.0 Å². The zero-order valence-electron chi connectivity index (χ0n) is 18.5. The van der Waals surface area contributed by atoms with Crippen LogP contribution in [0.25, 0.3) is 0 Å². The van der Waals surface area contributed by atoms with Crippen LogP contribution in [0.5, 0.6) is 0 Å². The summed E-state index contributed by atoms with van der Waals surface area (Å²) in [5.74, 6) is -1.10. The lowest BCUT2D eigenvalue weighted by Gasteiger charge is -2.35. The van der Waals surface area contributed by atoms with Gasteiger partial charge in [0.1, 0.15) is 5.82 Å². The third-order valence-corrected chi connectivity index (χ3v) is 7.21. The first-order chi connectivity index (χ1) is 16.2. The van der Waals surface area contributed by atoms with Crippen LogP contribution in [0.4, 0.5) is 23.2 Å². The highest BCUT2D eigenvalue weighted by Crippen LogP contribution is 2.65. The summed E-state index contributed by atoms with van der Waals surface area (Å²) in [6.07, 6.45) is -2.32. The molecule has 2 aromatic rings. The molecule has 0 heterocycles. The molecule has 0 saturated heterocycles. The van der Waals surface area contributed by atoms with Gasteiger partial charge in [0, 0.05) is 30.3 Å². The number of rotatable bonds is 9. The van der Waals surface area contributed by atoms with Gasteiger partial charge in [-0.05, 0) is 73.9 Å². The lowest BCUT2D eigenvalue weighted by atomic mass is 9.93. The molecule has 0 aromatic heterocycles. The standard InChI is InChI=1S/C25H27F4N3O2/c26-21-8-7-18(13-19(21)25(27,28)29)31-23(34)32(11-1-2-12-33)22-9-10-24(14-20(22)24)17-5-3-16(15-30)4-6-17/h3-8,13,20,22-23,31,33-34H,1-2,9-12,14H2. The molecule has 4 unspecified atom stereocenters. The Morgan fingerprint density at radius 2 is 1.91 bits per heavy atom. The van der Waals surface area contributed by atoms with Crippen LogP contribution in [0.15, 0.2) is 42.5 Å². The van der Waals surface area contributed by atoms with Crippen molar-refractivity contribution in [1.29, 1.82) is 5.26 Å². The van der Waals surface area contributed by atoms with E-state index in [4.69, 9.17) is 5.26 Å². The summed E-state index contributed by atoms with van der Waals surface area (Å²) >= 11 is 0. The highest BCUT2D eigenvalue weighted by Gasteiger charge is 2.63. The van der Waals surface area contributed by atoms with Crippen LogP contribution in [-0.4, -0.2) is 40.7 Å². The summed E-state index contributed by atoms with van der Waals surface area (Å²) in [6.45, 7) is 0.459. The predicted molar refractivity (Wildman–Crippen MR) is 118 cm³/mol. The maximum absolute atomic E-state index is 13.7. The van der Waals surface area contributed by atoms with Crippen molar-refractivity contribution in [1.82, 2.24) is 4.90 Å². The van der Waals surface area contributed by atoms with E-state index in [1.807, 2.05) is 17.0 Å². The number of aliphatic hydroxyl groups excluding tert-OH is 2. The first kappa shape index (κ1) is 24.5. The van der Waals surface area contributed by atoms with Gasteiger partial charge in [-0.2, -0.15) is 18.4 Å². The van der Waals surface area contributed by atoms with Gasteiger partial charge in [-0.1, -0.05) is 12.1 Å². The van der Waals surface area contributed by atoms with E-state index in [-0.39, 0.29) is 29.7 Å². The summed E-state index contributed by atoms with van der Waals surface area (Å²) in [4.78, 5) is 1.84. The zero-order valence-corrected chi connectivity index (χ0v) is 18.5. The van der Waals surface area contributed by atoms with E-state index in [2.05, 4.69) is 11.4 Å². The Morgan fingerprint density at radius 3 is 2.53 bits per heavy atom. The van der Waals surface area contributed by atoms with E-state index in [9.17, 15) is 27.8 Å². The van der Waals surface area contributed by atoms with Gasteiger partial charge in [-0.15, -0.1) is 0 Å². The van der Waals surface area contributed by atoms with E-state index in [1.54, 1.807) is 12.1 Å². The molecule has 34 heavy (non-hydrogen) atoms. The van der Waals surface area contributed by atoms with Crippen LogP contribution in [0.2, 0.25) is 0 Å². The molecule has 0 amide bonds. The quantitative estimate of drug-likeness (QED) is 0.280. The number of aliphatic hydroxyl groups is 2. The molecule has 4 rings (SSSR count). The molecule has 0 radical (unpaired) electrons. The number of benzene rings is 2. The van der Waals surface area contributed by atoms with E-state index >= 15 is 0 Å². The number of halogens is 4. The van der Waals surface area contributed by atoms with Crippen molar-refractivity contribution in [2.75, 3.05) is 18.5 Å². The molecule has 9 heteroatoms. The maximum atomic E-state index is 13.7. The summed E-state index contributed by atoms with van der Waals surface area (Å²) in [5, 5.41) is 31.9. The molecule has 182 valence electrons. The second-order valence-electron chi connectivity index (χ2n) is 9.14. The molecule has 2 aliphatic rings. The van der Waals surface area contributed by atoms with Gasteiger partial charge >= 0.3 is 6.18 Å². The van der Waals surface area contributed by atoms with Crippen molar-refractivity contribution in [3.63, 3.8) is 0 Å². The number of nitriles is 1. The summed E-state index contributed by atoms with van der Waals surface area (Å²) in [5.41, 5.74) is 0.312. The van der Waals surface area contributed by atoms with Crippen LogP contribution in [0.1, 0.15) is 48.8 Å². The molecule has 3 N–H and O–H groups in total. The van der Waals surface area contributed by atoms with Gasteiger partial charge in [-0.25, -0.2) is 4.39 Å². The minimum atomic E-state index is -4.84. The van der Waals surface area contributed by atoms with Gasteiger partial charge in [0.25, 0.3) is 0 Å². The largest absolute Gasteiger partial charge is 0.419 e. The van der Waals surface area contributed by atoms with Gasteiger partial charge in [0.15, 0.2) is 6.35 Å². The fraction of sp³-hybridized carbons (Fsp3) is 0.480. The number of alkyl halides is 3. The monoisotopic (exact) mass is 477 g/mol. The number of nitrogens with zero attached hydrogens (tertiary/aromatic N) is 2. The third kappa shape index (κ3) is 4.76. The highest BCUT2D eigenvalue weighted by molar-refractivity contribution is 5.47. The predicted octanol–water partition coefficient (Wildman–Crippen LogP) is 4.60. The van der Waals surface area contributed by atoms with Crippen LogP contribution < -0.4 is 5.32 Å². The summed E-state index contributed by atoms with van der Waals surface area (Å²) < 4.78 is 53.0. The van der Waals surface area contributed by atoms with Crippen molar-refractivity contribution < 1.29 is 27.8 Å². The maximum Gasteiger partial charge on any atom is 0.419 e. The minimum Gasteiger partial charge on any atom is -0.396 e. The Balaban J connectivity index is 1.52. The first-order valence-corrected chi connectivity index (χ1v) is 11.4. The number of fused-ring (bicyclic) bond motifs is 1. The molecule has 2 aliphatic carbocycles. The minimum absolute atomic E-state index is 0.000582. The molecule has 0 spiro atoms. The van der Waals surface area contributed by atoms with Crippen molar-refractivity contribution in [3.8, 4) is 6.07 Å². The van der Waals surface area contributed by atoms with E-state index in [1.165, 1.54) is 6.07 Å². The second-order valence-corrected chi connectivity index (χ2v) is 9.14. The Bertz CT molecular complexity index is 1050. The summed E-state index contributed by atoms with van der Waals surface area (Å²) in [6, 6.07) is 12.2. The molecule has 2 fully saturated rings. The van der Waals surface area contributed by atoms with Gasteiger partial charge in [0.05, 0.1) is 17.2 Å². The lowest BCUT2D eigenvalue weighted by molar-refractivity contribution is -0.139. The number of hydrogen-bond donors (Lipinski definition) is 3. The number of anilines is 1. The zero-order chi connectivity index (χ0) is 24.5. The lowest BCUT2D eigenvalue weighted by Crippen LogP contribution is -2.48. The van der Waals surface area contributed by atoms with E-state index in [0.717, 1.165) is 30.9 Å². The number of hydrogen-bond acceptors (Lipinski definition) is 5. The molecular weight excluding hydrogens is 450 g/mol. The molecule has 2 aromatic carbocycles. The first-order valence-electron chi connectivity index (χ1n) is 11.4. The molecule has 0 aliphatic heterocycles. The van der Waals surface area contributed by atoms with Crippen molar-refractivity contribution in [3.05, 3.63) is 65.0 Å². The average Bonchev–Trinajstić information content (AvgIpc) is 3.43.